The van der Waals surface area contributed by atoms with Gasteiger partial charge in [0.25, 0.3) is 11.8 Å². The molecule has 218 valence electrons. The van der Waals surface area contributed by atoms with E-state index >= 15 is 0 Å². The van der Waals surface area contributed by atoms with Gasteiger partial charge < -0.3 is 29.6 Å². The van der Waals surface area contributed by atoms with Crippen LogP contribution in [0.1, 0.15) is 27.2 Å². The molecule has 6 heterocycles. The van der Waals surface area contributed by atoms with E-state index in [0.717, 1.165) is 17.0 Å². The fourth-order valence-electron chi connectivity index (χ4n) is 5.61. The van der Waals surface area contributed by atoms with Crippen LogP contribution >= 0.6 is 0 Å². The number of carbonyl (C=O) groups excluding carboxylic acids is 3. The average Bonchev–Trinajstić information content (AvgIpc) is 3.77. The van der Waals surface area contributed by atoms with Gasteiger partial charge in [-0.3, -0.25) is 20.0 Å². The summed E-state index contributed by atoms with van der Waals surface area (Å²) in [5, 5.41) is 15.0. The lowest BCUT2D eigenvalue weighted by molar-refractivity contribution is -0.125. The van der Waals surface area contributed by atoms with Crippen molar-refractivity contribution in [2.45, 2.75) is 12.1 Å². The third-order valence-electron chi connectivity index (χ3n) is 7.83. The van der Waals surface area contributed by atoms with Crippen LogP contribution in [0.25, 0.3) is 16.7 Å². The maximum atomic E-state index is 15.0. The summed E-state index contributed by atoms with van der Waals surface area (Å²) in [5.41, 5.74) is 1.46. The van der Waals surface area contributed by atoms with Gasteiger partial charge in [0, 0.05) is 38.0 Å². The Labute approximate surface area is 243 Å². The van der Waals surface area contributed by atoms with E-state index in [-0.39, 0.29) is 30.2 Å². The maximum absolute atomic E-state index is 15.0. The first-order valence-corrected chi connectivity index (χ1v) is 13.3. The van der Waals surface area contributed by atoms with Crippen molar-refractivity contribution in [3.8, 4) is 5.75 Å². The Bertz CT molecular complexity index is 1880. The number of aromatic nitrogens is 3. The lowest BCUT2D eigenvalue weighted by atomic mass is 9.95. The summed E-state index contributed by atoms with van der Waals surface area (Å²) >= 11 is 0. The third kappa shape index (κ3) is 4.26. The molecule has 43 heavy (non-hydrogen) atoms. The maximum Gasteiger partial charge on any atom is 0.322 e. The molecule has 1 saturated heterocycles. The molecule has 0 bridgehead atoms. The van der Waals surface area contributed by atoms with Crippen LogP contribution in [-0.4, -0.2) is 70.1 Å². The number of ether oxygens (including phenoxy) is 1. The molecule has 3 aromatic heterocycles. The first-order chi connectivity index (χ1) is 20.8. The fraction of sp³-hybridized carbons (Fsp3) is 0.207. The Morgan fingerprint density at radius 1 is 1.16 bits per heavy atom. The zero-order valence-electron chi connectivity index (χ0n) is 23.0. The molecule has 0 spiro atoms. The summed E-state index contributed by atoms with van der Waals surface area (Å²) in [4.78, 5) is 46.9. The smallest absolute Gasteiger partial charge is 0.322 e. The van der Waals surface area contributed by atoms with Crippen LogP contribution in [0.3, 0.4) is 0 Å². The Balaban J connectivity index is 1.18. The van der Waals surface area contributed by atoms with Gasteiger partial charge in [0.15, 0.2) is 22.7 Å². The number of rotatable bonds is 7. The first kappa shape index (κ1) is 26.3. The molecule has 4 aromatic rings. The minimum atomic E-state index is -1.76. The number of allylic oxidation sites excluding steroid dienone is 2. The van der Waals surface area contributed by atoms with Crippen molar-refractivity contribution in [3.63, 3.8) is 0 Å². The number of aromatic amines is 1. The number of hydrogen-bond donors (Lipinski definition) is 4. The number of fused-ring (bicyclic) bond motifs is 2. The van der Waals surface area contributed by atoms with Crippen molar-refractivity contribution in [2.24, 2.45) is 0 Å². The molecule has 4 amide bonds. The number of furan rings is 1. The predicted molar refractivity (Wildman–Crippen MR) is 151 cm³/mol. The van der Waals surface area contributed by atoms with Gasteiger partial charge >= 0.3 is 6.03 Å². The summed E-state index contributed by atoms with van der Waals surface area (Å²) in [6.07, 6.45) is 7.55. The van der Waals surface area contributed by atoms with Crippen LogP contribution in [0.15, 0.2) is 65.1 Å². The highest BCUT2D eigenvalue weighted by Gasteiger charge is 2.53. The van der Waals surface area contributed by atoms with Gasteiger partial charge in [0.05, 0.1) is 25.4 Å². The molecule has 1 aromatic carbocycles. The summed E-state index contributed by atoms with van der Waals surface area (Å²) in [6, 6.07) is 7.28. The molecule has 14 heteroatoms. The Hall–Kier alpha value is -5.66. The molecule has 1 atom stereocenters. The highest BCUT2D eigenvalue weighted by molar-refractivity contribution is 6.08. The second-order valence-electron chi connectivity index (χ2n) is 10.5. The molecule has 3 aliphatic heterocycles. The largest absolute Gasteiger partial charge is 0.494 e. The van der Waals surface area contributed by atoms with Crippen molar-refractivity contribution in [2.75, 3.05) is 32.6 Å². The molecule has 1 fully saturated rings. The van der Waals surface area contributed by atoms with Gasteiger partial charge in [0.1, 0.15) is 22.9 Å². The number of anilines is 1. The number of H-pyrrole nitrogens is 1. The molecule has 0 radical (unpaired) electrons. The molecule has 0 aliphatic carbocycles. The quantitative estimate of drug-likeness (QED) is 0.240. The predicted octanol–water partition coefficient (Wildman–Crippen LogP) is 2.67. The fourth-order valence-corrected chi connectivity index (χ4v) is 5.61. The summed E-state index contributed by atoms with van der Waals surface area (Å²) in [7, 11) is 3.26. The number of pyridine rings is 1. The number of benzene rings is 1. The van der Waals surface area contributed by atoms with Crippen LogP contribution in [0.2, 0.25) is 0 Å². The zero-order valence-corrected chi connectivity index (χ0v) is 23.0. The lowest BCUT2D eigenvalue weighted by Gasteiger charge is -2.28. The number of urea groups is 1. The van der Waals surface area contributed by atoms with Crippen LogP contribution in [0.5, 0.6) is 5.75 Å². The average molecular weight is 585 g/mol. The number of nitrogens with zero attached hydrogens (tertiary/aromatic N) is 4. The van der Waals surface area contributed by atoms with E-state index < -0.39 is 29.2 Å². The topological polar surface area (TPSA) is 158 Å². The van der Waals surface area contributed by atoms with Gasteiger partial charge in [0.2, 0.25) is 0 Å². The SMILES string of the molecule is COc1ccc2c(c1F)C(=O)N(C[C@@]1(c3cc4nc(NC5=CC=C(c6cn[nH]c6)CN5C)ccc4o3)NC(=O)NC1=O)C2. The van der Waals surface area contributed by atoms with Gasteiger partial charge in [-0.2, -0.15) is 5.10 Å². The van der Waals surface area contributed by atoms with Gasteiger partial charge in [-0.15, -0.1) is 0 Å². The van der Waals surface area contributed by atoms with Crippen LogP contribution in [-0.2, 0) is 16.9 Å². The summed E-state index contributed by atoms with van der Waals surface area (Å²) < 4.78 is 26.0. The van der Waals surface area contributed by atoms with E-state index in [1.54, 1.807) is 30.5 Å². The number of hydrogen-bond acceptors (Lipinski definition) is 9. The van der Waals surface area contributed by atoms with Crippen molar-refractivity contribution in [1.82, 2.24) is 35.6 Å². The monoisotopic (exact) mass is 584 g/mol. The molecule has 0 unspecified atom stereocenters. The number of carbonyl (C=O) groups is 3. The van der Waals surface area contributed by atoms with E-state index in [1.807, 2.05) is 30.3 Å². The Morgan fingerprint density at radius 2 is 2.02 bits per heavy atom. The zero-order chi connectivity index (χ0) is 29.9. The van der Waals surface area contributed by atoms with Gasteiger partial charge in [-0.25, -0.2) is 14.2 Å². The standard InChI is InChI=1S/C29H25FN8O5/c1-37-12-15(17-10-31-32-11-17)4-8-23(37)34-22-7-6-19-18(33-22)9-21(43-19)29(27(40)35-28(41)36-29)14-38-13-16-3-5-20(42-2)25(30)24(16)26(38)39/h3-11H,12-14H2,1-2H3,(H,31,32)(H,33,34)(H2,35,36,40,41)/t29-/m0/s1. The van der Waals surface area contributed by atoms with Crippen molar-refractivity contribution < 1.29 is 27.9 Å². The van der Waals surface area contributed by atoms with Crippen LogP contribution < -0.4 is 20.7 Å². The molecular formula is C29H25FN8O5. The van der Waals surface area contributed by atoms with Crippen LogP contribution in [0.4, 0.5) is 15.0 Å². The third-order valence-corrected chi connectivity index (χ3v) is 7.83. The van der Waals surface area contributed by atoms with E-state index in [1.165, 1.54) is 18.1 Å². The normalized spacial score (nSPS) is 19.7. The lowest BCUT2D eigenvalue weighted by Crippen LogP contribution is -2.52. The van der Waals surface area contributed by atoms with Gasteiger partial charge in [-0.1, -0.05) is 12.1 Å². The molecule has 0 saturated carbocycles. The first-order valence-electron chi connectivity index (χ1n) is 13.3. The summed E-state index contributed by atoms with van der Waals surface area (Å²) in [6.45, 7) is 0.392. The molecule has 13 nitrogen and oxygen atoms in total. The number of nitrogens with one attached hydrogen (secondary N) is 4. The Morgan fingerprint density at radius 3 is 2.74 bits per heavy atom. The van der Waals surface area contributed by atoms with Crippen molar-refractivity contribution in [1.29, 1.82) is 0 Å². The highest BCUT2D eigenvalue weighted by atomic mass is 19.1. The molecule has 4 N–H and O–H groups in total. The molecule has 3 aliphatic rings. The second kappa shape index (κ2) is 9.72. The van der Waals surface area contributed by atoms with E-state index in [4.69, 9.17) is 9.15 Å². The van der Waals surface area contributed by atoms with E-state index in [9.17, 15) is 18.8 Å². The van der Waals surface area contributed by atoms with Crippen LogP contribution in [0, 0.1) is 5.82 Å². The number of halogens is 1. The van der Waals surface area contributed by atoms with Crippen molar-refractivity contribution >= 4 is 40.3 Å². The van der Waals surface area contributed by atoms with Crippen molar-refractivity contribution in [3.05, 3.63) is 89.0 Å². The molecule has 7 rings (SSSR count). The van der Waals surface area contributed by atoms with E-state index in [0.29, 0.717) is 29.0 Å². The minimum Gasteiger partial charge on any atom is -0.494 e. The second-order valence-corrected chi connectivity index (χ2v) is 10.5. The number of methoxy groups -OCH3 is 1. The van der Waals surface area contributed by atoms with Gasteiger partial charge in [-0.05, 0) is 35.4 Å². The van der Waals surface area contributed by atoms with E-state index in [2.05, 4.69) is 31.1 Å². The highest BCUT2D eigenvalue weighted by Crippen LogP contribution is 2.36. The number of imide groups is 1. The molecular weight excluding hydrogens is 559 g/mol. The Kier molecular flexibility index (Phi) is 5.93. The summed E-state index contributed by atoms with van der Waals surface area (Å²) in [5.74, 6) is -0.742. The number of amides is 4. The minimum absolute atomic E-state index is 0.0336. The number of likely N-dealkylation sites (N-methyl/N-ethyl adjacent to an activating group) is 1.